The van der Waals surface area contributed by atoms with E-state index in [4.69, 9.17) is 12.2 Å². The number of nitrogens with zero attached hydrogens (tertiary/aromatic N) is 2. The zero-order valence-corrected chi connectivity index (χ0v) is 15.4. The van der Waals surface area contributed by atoms with Gasteiger partial charge < -0.3 is 5.32 Å². The number of carbonyl (C=O) groups is 1. The lowest BCUT2D eigenvalue weighted by Gasteiger charge is -2.31. The summed E-state index contributed by atoms with van der Waals surface area (Å²) in [6.07, 6.45) is 3.63. The summed E-state index contributed by atoms with van der Waals surface area (Å²) in [5.74, 6) is 1.17. The molecule has 0 unspecified atom stereocenters. The van der Waals surface area contributed by atoms with E-state index >= 15 is 0 Å². The molecule has 1 aliphatic carbocycles. The van der Waals surface area contributed by atoms with E-state index in [0.717, 1.165) is 38.9 Å². The summed E-state index contributed by atoms with van der Waals surface area (Å²) >= 11 is 5.49. The smallest absolute Gasteiger partial charge is 0.241 e. The predicted molar refractivity (Wildman–Crippen MR) is 100 cm³/mol. The van der Waals surface area contributed by atoms with Gasteiger partial charge in [-0.25, -0.2) is 0 Å². The monoisotopic (exact) mass is 345 g/mol. The van der Waals surface area contributed by atoms with E-state index in [9.17, 15) is 4.79 Å². The highest BCUT2D eigenvalue weighted by Gasteiger charge is 2.31. The summed E-state index contributed by atoms with van der Waals surface area (Å²) in [5, 5.41) is 7.78. The Morgan fingerprint density at radius 1 is 1.21 bits per heavy atom. The fourth-order valence-electron chi connectivity index (χ4n) is 3.61. The predicted octanol–water partition coefficient (Wildman–Crippen LogP) is 2.77. The molecule has 130 valence electrons. The summed E-state index contributed by atoms with van der Waals surface area (Å²) in [6.45, 7) is 6.76. The Morgan fingerprint density at radius 2 is 1.83 bits per heavy atom. The van der Waals surface area contributed by atoms with Crippen molar-refractivity contribution in [3.63, 3.8) is 0 Å². The summed E-state index contributed by atoms with van der Waals surface area (Å²) < 4.78 is 0. The first-order valence-corrected chi connectivity index (χ1v) is 9.38. The van der Waals surface area contributed by atoms with Gasteiger partial charge in [-0.3, -0.25) is 14.8 Å². The zero-order valence-electron chi connectivity index (χ0n) is 14.6. The van der Waals surface area contributed by atoms with Crippen molar-refractivity contribution in [1.82, 2.24) is 15.3 Å². The maximum Gasteiger partial charge on any atom is 0.241 e. The molecule has 3 rings (SSSR count). The fraction of sp³-hybridized carbons (Fsp3) is 0.579. The number of rotatable bonds is 4. The largest absolute Gasteiger partial charge is 0.361 e. The van der Waals surface area contributed by atoms with Crippen molar-refractivity contribution in [2.45, 2.75) is 39.5 Å². The number of carbonyl (C=O) groups excluding carboxylic acids is 1. The number of hydrogen-bond acceptors (Lipinski definition) is 2. The number of hydrazine groups is 1. The van der Waals surface area contributed by atoms with Gasteiger partial charge in [0.15, 0.2) is 5.11 Å². The van der Waals surface area contributed by atoms with Crippen molar-refractivity contribution < 1.29 is 4.79 Å². The van der Waals surface area contributed by atoms with Crippen molar-refractivity contribution in [3.05, 3.63) is 35.4 Å². The molecule has 0 bridgehead atoms. The first kappa shape index (κ1) is 17.2. The second-order valence-corrected chi connectivity index (χ2v) is 7.71. The molecule has 0 aromatic heterocycles. The number of nitrogens with one attached hydrogen (secondary N) is 1. The van der Waals surface area contributed by atoms with Crippen LogP contribution in [0.3, 0.4) is 0 Å². The van der Waals surface area contributed by atoms with Gasteiger partial charge in [-0.05, 0) is 54.4 Å². The topological polar surface area (TPSA) is 35.6 Å². The molecular weight excluding hydrogens is 318 g/mol. The molecule has 1 heterocycles. The van der Waals surface area contributed by atoms with Crippen molar-refractivity contribution in [3.8, 4) is 0 Å². The maximum atomic E-state index is 12.8. The van der Waals surface area contributed by atoms with Crippen LogP contribution in [0.5, 0.6) is 0 Å². The molecule has 1 aromatic carbocycles. The van der Waals surface area contributed by atoms with Crippen LogP contribution in [0.25, 0.3) is 0 Å². The lowest BCUT2D eigenvalue weighted by Crippen LogP contribution is -2.50. The molecule has 1 aromatic rings. The summed E-state index contributed by atoms with van der Waals surface area (Å²) in [5.41, 5.74) is 2.81. The van der Waals surface area contributed by atoms with Gasteiger partial charge in [0.2, 0.25) is 5.91 Å². The zero-order chi connectivity index (χ0) is 17.1. The van der Waals surface area contributed by atoms with Crippen molar-refractivity contribution >= 4 is 23.2 Å². The molecule has 0 spiro atoms. The van der Waals surface area contributed by atoms with E-state index in [-0.39, 0.29) is 5.91 Å². The van der Waals surface area contributed by atoms with Crippen molar-refractivity contribution in [1.29, 1.82) is 0 Å². The van der Waals surface area contributed by atoms with Crippen LogP contribution >= 0.6 is 12.2 Å². The quantitative estimate of drug-likeness (QED) is 0.851. The van der Waals surface area contributed by atoms with Gasteiger partial charge in [-0.1, -0.05) is 38.1 Å². The molecule has 24 heavy (non-hydrogen) atoms. The van der Waals surface area contributed by atoms with E-state index in [1.165, 1.54) is 11.1 Å². The third kappa shape index (κ3) is 3.89. The normalized spacial score (nSPS) is 17.5. The summed E-state index contributed by atoms with van der Waals surface area (Å²) in [4.78, 5) is 12.8. The van der Waals surface area contributed by atoms with E-state index in [0.29, 0.717) is 23.4 Å². The van der Waals surface area contributed by atoms with E-state index in [1.807, 2.05) is 10.0 Å². The van der Waals surface area contributed by atoms with Gasteiger partial charge in [-0.2, -0.15) is 0 Å². The second-order valence-electron chi connectivity index (χ2n) is 7.32. The molecule has 4 nitrogen and oxygen atoms in total. The van der Waals surface area contributed by atoms with Crippen LogP contribution in [-0.2, 0) is 17.6 Å². The molecule has 1 saturated heterocycles. The lowest BCUT2D eigenvalue weighted by molar-refractivity contribution is -0.139. The molecule has 1 amide bonds. The Morgan fingerprint density at radius 3 is 2.46 bits per heavy atom. The van der Waals surface area contributed by atoms with Gasteiger partial charge in [-0.15, -0.1) is 0 Å². The Kier molecular flexibility index (Phi) is 5.39. The SMILES string of the molecule is CC(C)CNC(=S)N1CCCN1C(=O)CC1Cc2ccccc2C1. The summed E-state index contributed by atoms with van der Waals surface area (Å²) in [6, 6.07) is 8.55. The first-order chi connectivity index (χ1) is 11.5. The molecule has 1 N–H and O–H groups in total. The number of hydrogen-bond donors (Lipinski definition) is 1. The molecule has 1 fully saturated rings. The Hall–Kier alpha value is -1.62. The number of thiocarbonyl (C=S) groups is 1. The molecule has 0 radical (unpaired) electrons. The summed E-state index contributed by atoms with van der Waals surface area (Å²) in [7, 11) is 0. The van der Waals surface area contributed by atoms with E-state index in [2.05, 4.69) is 43.4 Å². The third-order valence-corrected chi connectivity index (χ3v) is 5.17. The molecule has 2 aliphatic rings. The van der Waals surface area contributed by atoms with Crippen molar-refractivity contribution in [2.24, 2.45) is 11.8 Å². The standard InChI is InChI=1S/C19H27N3OS/c1-14(2)13-20-19(24)22-9-5-8-21(22)18(23)12-15-10-16-6-3-4-7-17(16)11-15/h3-4,6-7,14-15H,5,8-13H2,1-2H3,(H,20,24). The maximum absolute atomic E-state index is 12.8. The Balaban J connectivity index is 1.55. The molecule has 0 atom stereocenters. The average Bonchev–Trinajstić information content (AvgIpc) is 3.18. The van der Waals surface area contributed by atoms with E-state index in [1.54, 1.807) is 0 Å². The minimum Gasteiger partial charge on any atom is -0.361 e. The Labute approximate surface area is 150 Å². The number of benzene rings is 1. The van der Waals surface area contributed by atoms with Gasteiger partial charge in [0, 0.05) is 26.1 Å². The lowest BCUT2D eigenvalue weighted by atomic mass is 10.0. The van der Waals surface area contributed by atoms with Crippen molar-refractivity contribution in [2.75, 3.05) is 19.6 Å². The van der Waals surface area contributed by atoms with Crippen LogP contribution in [0.2, 0.25) is 0 Å². The minimum absolute atomic E-state index is 0.207. The molecule has 0 saturated carbocycles. The molecular formula is C19H27N3OS. The highest BCUT2D eigenvalue weighted by molar-refractivity contribution is 7.80. The van der Waals surface area contributed by atoms with Crippen LogP contribution in [-0.4, -0.2) is 40.7 Å². The van der Waals surface area contributed by atoms with Crippen LogP contribution in [0.1, 0.15) is 37.8 Å². The van der Waals surface area contributed by atoms with Gasteiger partial charge in [0.05, 0.1) is 0 Å². The van der Waals surface area contributed by atoms with E-state index < -0.39 is 0 Å². The highest BCUT2D eigenvalue weighted by Crippen LogP contribution is 2.29. The Bertz CT molecular complexity index is 591. The van der Waals surface area contributed by atoms with Gasteiger partial charge in [0.25, 0.3) is 0 Å². The fourth-order valence-corrected chi connectivity index (χ4v) is 3.88. The third-order valence-electron chi connectivity index (χ3n) is 4.81. The van der Waals surface area contributed by atoms with Crippen LogP contribution < -0.4 is 5.32 Å². The minimum atomic E-state index is 0.207. The van der Waals surface area contributed by atoms with Crippen LogP contribution in [0.15, 0.2) is 24.3 Å². The van der Waals surface area contributed by atoms with Crippen LogP contribution in [0.4, 0.5) is 0 Å². The highest BCUT2D eigenvalue weighted by atomic mass is 32.1. The molecule has 5 heteroatoms. The number of amides is 1. The molecule has 1 aliphatic heterocycles. The first-order valence-electron chi connectivity index (χ1n) is 8.97. The average molecular weight is 346 g/mol. The van der Waals surface area contributed by atoms with Crippen LogP contribution in [0, 0.1) is 11.8 Å². The van der Waals surface area contributed by atoms with Gasteiger partial charge in [0.1, 0.15) is 0 Å². The number of fused-ring (bicyclic) bond motifs is 1. The second kappa shape index (κ2) is 7.51. The van der Waals surface area contributed by atoms with Gasteiger partial charge >= 0.3 is 0 Å².